The minimum Gasteiger partial charge on any atom is -0.492 e. The molecule has 1 aliphatic rings. The lowest BCUT2D eigenvalue weighted by atomic mass is 10.1. The average molecular weight is 382 g/mol. The number of carbonyl (C=O) groups excluding carboxylic acids is 2. The Morgan fingerprint density at radius 2 is 1.79 bits per heavy atom. The lowest BCUT2D eigenvalue weighted by Gasteiger charge is -2.22. The second-order valence-corrected chi connectivity index (χ2v) is 6.55. The molecule has 2 aromatic rings. The number of hydrogen-bond acceptors (Lipinski definition) is 3. The number of rotatable bonds is 6. The fourth-order valence-electron chi connectivity index (χ4n) is 3.06. The normalized spacial score (nSPS) is 14.5. The minimum atomic E-state index is -0.320. The summed E-state index contributed by atoms with van der Waals surface area (Å²) in [5.74, 6) is 0.162. The van der Waals surface area contributed by atoms with Gasteiger partial charge in [-0.05, 0) is 42.0 Å². The van der Waals surface area contributed by atoms with Gasteiger partial charge in [0.25, 0.3) is 5.91 Å². The first-order valence-electron chi connectivity index (χ1n) is 9.25. The van der Waals surface area contributed by atoms with E-state index in [9.17, 15) is 14.0 Å². The zero-order valence-corrected chi connectivity index (χ0v) is 15.6. The summed E-state index contributed by atoms with van der Waals surface area (Å²) >= 11 is 0. The van der Waals surface area contributed by atoms with Crippen molar-refractivity contribution in [1.29, 1.82) is 0 Å². The van der Waals surface area contributed by atoms with Gasteiger partial charge in [-0.2, -0.15) is 0 Å². The van der Waals surface area contributed by atoms with Gasteiger partial charge in [0.05, 0.1) is 6.54 Å². The minimum absolute atomic E-state index is 0.0000106. The highest BCUT2D eigenvalue weighted by atomic mass is 19.1. The third kappa shape index (κ3) is 4.97. The van der Waals surface area contributed by atoms with Gasteiger partial charge in [0, 0.05) is 31.6 Å². The molecule has 5 nitrogen and oxygen atoms in total. The molecular formula is C22H23FN2O3. The predicted octanol–water partition coefficient (Wildman–Crippen LogP) is 3.22. The molecule has 3 rings (SSSR count). The van der Waals surface area contributed by atoms with E-state index in [2.05, 4.69) is 6.58 Å². The second-order valence-electron chi connectivity index (χ2n) is 6.55. The zero-order valence-electron chi connectivity index (χ0n) is 15.6. The topological polar surface area (TPSA) is 49.9 Å². The molecule has 0 atom stereocenters. The van der Waals surface area contributed by atoms with Crippen LogP contribution in [0.3, 0.4) is 0 Å². The fourth-order valence-corrected chi connectivity index (χ4v) is 3.06. The van der Waals surface area contributed by atoms with E-state index in [1.54, 1.807) is 40.1 Å². The maximum atomic E-state index is 12.9. The number of nitrogens with zero attached hydrogens (tertiary/aromatic N) is 2. The molecule has 0 aromatic heterocycles. The van der Waals surface area contributed by atoms with Crippen molar-refractivity contribution in [2.45, 2.75) is 6.42 Å². The van der Waals surface area contributed by atoms with Crippen molar-refractivity contribution >= 4 is 17.9 Å². The van der Waals surface area contributed by atoms with Crippen LogP contribution >= 0.6 is 0 Å². The van der Waals surface area contributed by atoms with E-state index >= 15 is 0 Å². The molecule has 0 N–H and O–H groups in total. The Labute approximate surface area is 164 Å². The first-order valence-corrected chi connectivity index (χ1v) is 9.25. The standard InChI is InChI=1S/C22H23FN2O3/c1-2-17-3-5-18(6-4-17)22(27)25-12-11-21(26)24(13-14-25)15-16-28-20-9-7-19(23)8-10-20/h2-10H,1,11-16H2. The van der Waals surface area contributed by atoms with E-state index in [1.165, 1.54) is 12.1 Å². The summed E-state index contributed by atoms with van der Waals surface area (Å²) in [6.07, 6.45) is 2.01. The van der Waals surface area contributed by atoms with Gasteiger partial charge in [-0.1, -0.05) is 24.8 Å². The molecule has 2 amide bonds. The van der Waals surface area contributed by atoms with Crippen molar-refractivity contribution in [1.82, 2.24) is 9.80 Å². The van der Waals surface area contributed by atoms with Crippen LogP contribution in [0.4, 0.5) is 4.39 Å². The van der Waals surface area contributed by atoms with Crippen molar-refractivity contribution in [3.8, 4) is 5.75 Å². The van der Waals surface area contributed by atoms with Gasteiger partial charge in [-0.3, -0.25) is 9.59 Å². The third-order valence-electron chi connectivity index (χ3n) is 4.71. The zero-order chi connectivity index (χ0) is 19.9. The second kappa shape index (κ2) is 9.17. The van der Waals surface area contributed by atoms with Crippen LogP contribution in [0.2, 0.25) is 0 Å². The maximum Gasteiger partial charge on any atom is 0.253 e. The van der Waals surface area contributed by atoms with Crippen molar-refractivity contribution < 1.29 is 18.7 Å². The van der Waals surface area contributed by atoms with E-state index in [-0.39, 0.29) is 24.1 Å². The molecule has 0 spiro atoms. The molecule has 0 unspecified atom stereocenters. The van der Waals surface area contributed by atoms with Crippen LogP contribution in [0.1, 0.15) is 22.3 Å². The molecule has 6 heteroatoms. The lowest BCUT2D eigenvalue weighted by Crippen LogP contribution is -2.37. The summed E-state index contributed by atoms with van der Waals surface area (Å²) < 4.78 is 18.5. The highest BCUT2D eigenvalue weighted by Gasteiger charge is 2.24. The largest absolute Gasteiger partial charge is 0.492 e. The number of benzene rings is 2. The van der Waals surface area contributed by atoms with Crippen LogP contribution in [0.15, 0.2) is 55.1 Å². The lowest BCUT2D eigenvalue weighted by molar-refractivity contribution is -0.130. The smallest absolute Gasteiger partial charge is 0.253 e. The summed E-state index contributed by atoms with van der Waals surface area (Å²) in [7, 11) is 0. The van der Waals surface area contributed by atoms with Gasteiger partial charge < -0.3 is 14.5 Å². The molecule has 1 aliphatic heterocycles. The number of carbonyl (C=O) groups is 2. The fraction of sp³-hybridized carbons (Fsp3) is 0.273. The molecule has 0 bridgehead atoms. The summed E-state index contributed by atoms with van der Waals surface area (Å²) in [6, 6.07) is 13.0. The maximum absolute atomic E-state index is 12.9. The van der Waals surface area contributed by atoms with Crippen molar-refractivity contribution in [3.63, 3.8) is 0 Å². The molecule has 0 aliphatic carbocycles. The van der Waals surface area contributed by atoms with Gasteiger partial charge in [0.15, 0.2) is 0 Å². The number of amides is 2. The third-order valence-corrected chi connectivity index (χ3v) is 4.71. The van der Waals surface area contributed by atoms with Crippen LogP contribution in [-0.2, 0) is 4.79 Å². The van der Waals surface area contributed by atoms with Crippen LogP contribution < -0.4 is 4.74 Å². The van der Waals surface area contributed by atoms with E-state index in [0.717, 1.165) is 5.56 Å². The summed E-state index contributed by atoms with van der Waals surface area (Å²) in [6.45, 7) is 5.78. The van der Waals surface area contributed by atoms with E-state index in [4.69, 9.17) is 4.74 Å². The van der Waals surface area contributed by atoms with Crippen LogP contribution in [0.5, 0.6) is 5.75 Å². The quantitative estimate of drug-likeness (QED) is 0.771. The average Bonchev–Trinajstić information content (AvgIpc) is 2.91. The Morgan fingerprint density at radius 3 is 2.46 bits per heavy atom. The molecule has 2 aromatic carbocycles. The van der Waals surface area contributed by atoms with Gasteiger partial charge in [-0.15, -0.1) is 0 Å². The predicted molar refractivity (Wildman–Crippen MR) is 106 cm³/mol. The highest BCUT2D eigenvalue weighted by Crippen LogP contribution is 2.13. The van der Waals surface area contributed by atoms with E-state index in [1.807, 2.05) is 12.1 Å². The Hall–Kier alpha value is -3.15. The van der Waals surface area contributed by atoms with E-state index < -0.39 is 0 Å². The van der Waals surface area contributed by atoms with Crippen molar-refractivity contribution in [3.05, 3.63) is 72.1 Å². The SMILES string of the molecule is C=Cc1ccc(C(=O)N2CCC(=O)N(CCOc3ccc(F)cc3)CC2)cc1. The molecule has 1 saturated heterocycles. The number of hydrogen-bond donors (Lipinski definition) is 0. The monoisotopic (exact) mass is 382 g/mol. The summed E-state index contributed by atoms with van der Waals surface area (Å²) in [4.78, 5) is 28.5. The van der Waals surface area contributed by atoms with Gasteiger partial charge in [0.1, 0.15) is 18.2 Å². The first kappa shape index (κ1) is 19.6. The van der Waals surface area contributed by atoms with Crippen molar-refractivity contribution in [2.75, 3.05) is 32.8 Å². The highest BCUT2D eigenvalue weighted by molar-refractivity contribution is 5.95. The Kier molecular flexibility index (Phi) is 6.42. The Morgan fingerprint density at radius 1 is 1.07 bits per heavy atom. The summed E-state index contributed by atoms with van der Waals surface area (Å²) in [5.41, 5.74) is 1.56. The molecular weight excluding hydrogens is 359 g/mol. The Balaban J connectivity index is 1.53. The summed E-state index contributed by atoms with van der Waals surface area (Å²) in [5, 5.41) is 0. The van der Waals surface area contributed by atoms with E-state index in [0.29, 0.717) is 44.1 Å². The number of halogens is 1. The molecule has 0 saturated carbocycles. The molecule has 1 heterocycles. The van der Waals surface area contributed by atoms with Gasteiger partial charge in [-0.25, -0.2) is 4.39 Å². The number of ether oxygens (including phenoxy) is 1. The first-order chi connectivity index (χ1) is 13.6. The van der Waals surface area contributed by atoms with Gasteiger partial charge >= 0.3 is 0 Å². The van der Waals surface area contributed by atoms with Gasteiger partial charge in [0.2, 0.25) is 5.91 Å². The molecule has 28 heavy (non-hydrogen) atoms. The van der Waals surface area contributed by atoms with Crippen LogP contribution in [0.25, 0.3) is 6.08 Å². The molecule has 0 radical (unpaired) electrons. The van der Waals surface area contributed by atoms with Crippen LogP contribution in [0, 0.1) is 5.82 Å². The van der Waals surface area contributed by atoms with Crippen LogP contribution in [-0.4, -0.2) is 54.4 Å². The molecule has 1 fully saturated rings. The Bertz CT molecular complexity index is 834. The molecule has 146 valence electrons. The van der Waals surface area contributed by atoms with Crippen molar-refractivity contribution in [2.24, 2.45) is 0 Å².